The van der Waals surface area contributed by atoms with Crippen LogP contribution in [0.1, 0.15) is 0 Å². The van der Waals surface area contributed by atoms with Gasteiger partial charge >= 0.3 is 33.0 Å². The van der Waals surface area contributed by atoms with E-state index >= 15 is 0 Å². The Morgan fingerprint density at radius 2 is 0.711 bits per heavy atom. The van der Waals surface area contributed by atoms with Crippen molar-refractivity contribution in [2.24, 2.45) is 9.98 Å². The molecule has 0 unspecified atom stereocenters. The van der Waals surface area contributed by atoms with E-state index in [2.05, 4.69) is 146 Å². The summed E-state index contributed by atoms with van der Waals surface area (Å²) in [6, 6.07) is 55.3. The van der Waals surface area contributed by atoms with E-state index in [9.17, 15) is 0 Å². The summed E-state index contributed by atoms with van der Waals surface area (Å²) in [5.41, 5.74) is 6.54. The zero-order valence-electron chi connectivity index (χ0n) is 24.0. The minimum Gasteiger partial charge on any atom is -0.246 e. The summed E-state index contributed by atoms with van der Waals surface area (Å²) < 4.78 is 0. The van der Waals surface area contributed by atoms with Crippen LogP contribution in [0.2, 0.25) is 0 Å². The minimum atomic E-state index is 0.569. The molecule has 0 aliphatic rings. The third-order valence-corrected chi connectivity index (χ3v) is 8.05. The molecule has 0 saturated heterocycles. The molecule has 0 atom stereocenters. The van der Waals surface area contributed by atoms with E-state index in [1.54, 1.807) is 0 Å². The number of nitrogens with zero attached hydrogens (tertiary/aromatic N) is 2. The molecule has 0 aliphatic heterocycles. The normalized spacial score (nSPS) is 12.2. The Bertz CT molecular complexity index is 2170. The third kappa shape index (κ3) is 5.96. The molecule has 0 radical (unpaired) electrons. The molecule has 45 heavy (non-hydrogen) atoms. The van der Waals surface area contributed by atoms with Crippen molar-refractivity contribution in [3.05, 3.63) is 168 Å². The summed E-state index contributed by atoms with van der Waals surface area (Å²) in [7, 11) is 9.40. The summed E-state index contributed by atoms with van der Waals surface area (Å²) >= 11 is 0.569. The number of rotatable bonds is 4. The predicted molar refractivity (Wildman–Crippen MR) is 187 cm³/mol. The van der Waals surface area contributed by atoms with Gasteiger partial charge in [-0.2, -0.15) is 0 Å². The first-order valence-corrected chi connectivity index (χ1v) is 17.2. The van der Waals surface area contributed by atoms with Crippen molar-refractivity contribution in [2.75, 3.05) is 0 Å². The van der Waals surface area contributed by atoms with E-state index in [4.69, 9.17) is 30.4 Å². The molecule has 220 valence electrons. The number of hydrogen-bond donors (Lipinski definition) is 0. The average molecular weight is 664 g/mol. The summed E-state index contributed by atoms with van der Waals surface area (Å²) in [5, 5.41) is 8.92. The summed E-state index contributed by atoms with van der Waals surface area (Å²) in [6.45, 7) is 0. The first kappa shape index (κ1) is 29.2. The molecule has 0 N–H and O–H groups in total. The quantitative estimate of drug-likeness (QED) is 0.132. The largest absolute Gasteiger partial charge is 0.246 e. The van der Waals surface area contributed by atoms with Crippen LogP contribution in [0.5, 0.6) is 0 Å². The van der Waals surface area contributed by atoms with Crippen LogP contribution >= 0.6 is 20.4 Å². The molecular formula is C40H26Cl2N2Ni. The second kappa shape index (κ2) is 13.2. The Labute approximate surface area is 276 Å². The van der Waals surface area contributed by atoms with Crippen molar-refractivity contribution in [3.8, 4) is 22.3 Å². The molecule has 0 heterocycles. The second-order valence-electron chi connectivity index (χ2n) is 10.7. The van der Waals surface area contributed by atoms with E-state index in [0.717, 1.165) is 32.9 Å². The van der Waals surface area contributed by atoms with Crippen molar-refractivity contribution in [2.45, 2.75) is 0 Å². The fraction of sp³-hybridized carbons (Fsp3) is 0. The molecule has 0 amide bonds. The maximum Gasteiger partial charge on any atom is 0.0978 e. The Balaban J connectivity index is 0.00000104. The van der Waals surface area contributed by atoms with Gasteiger partial charge in [-0.25, -0.2) is 9.98 Å². The minimum absolute atomic E-state index is 0.569. The Morgan fingerprint density at radius 1 is 0.356 bits per heavy atom. The fourth-order valence-corrected chi connectivity index (χ4v) is 6.01. The molecule has 8 rings (SSSR count). The maximum absolute atomic E-state index is 5.29. The van der Waals surface area contributed by atoms with Crippen LogP contribution < -0.4 is 10.7 Å². The first-order chi connectivity index (χ1) is 22.2. The van der Waals surface area contributed by atoms with Gasteiger partial charge in [0.25, 0.3) is 0 Å². The molecular weight excluding hydrogens is 638 g/mol. The van der Waals surface area contributed by atoms with E-state index in [-0.39, 0.29) is 0 Å². The van der Waals surface area contributed by atoms with Gasteiger partial charge in [-0.1, -0.05) is 133 Å². The van der Waals surface area contributed by atoms with Crippen LogP contribution in [0.3, 0.4) is 0 Å². The summed E-state index contributed by atoms with van der Waals surface area (Å²) in [4.78, 5) is 10.6. The zero-order chi connectivity index (χ0) is 30.6. The van der Waals surface area contributed by atoms with Crippen LogP contribution in [0.25, 0.3) is 54.6 Å². The van der Waals surface area contributed by atoms with E-state index < -0.39 is 0 Å². The third-order valence-electron chi connectivity index (χ3n) is 8.05. The van der Waals surface area contributed by atoms with Gasteiger partial charge in [-0.05, 0) is 68.1 Å². The van der Waals surface area contributed by atoms with E-state index in [0.29, 0.717) is 12.7 Å². The number of hydrogen-bond acceptors (Lipinski definition) is 2. The van der Waals surface area contributed by atoms with Crippen molar-refractivity contribution >= 4 is 64.1 Å². The molecule has 8 aromatic rings. The molecule has 0 fully saturated rings. The van der Waals surface area contributed by atoms with Crippen LogP contribution in [-0.4, -0.2) is 0 Å². The number of halogens is 2. The van der Waals surface area contributed by atoms with Gasteiger partial charge in [0.15, 0.2) is 0 Å². The van der Waals surface area contributed by atoms with Crippen molar-refractivity contribution in [1.29, 1.82) is 0 Å². The smallest absolute Gasteiger partial charge is 0.0978 e. The van der Waals surface area contributed by atoms with Crippen LogP contribution in [0.15, 0.2) is 168 Å². The molecule has 0 spiro atoms. The summed E-state index contributed by atoms with van der Waals surface area (Å²) in [5.74, 6) is 0. The van der Waals surface area contributed by atoms with Gasteiger partial charge < -0.3 is 0 Å². The number of benzene rings is 8. The average Bonchev–Trinajstić information content (AvgIpc) is 3.10. The van der Waals surface area contributed by atoms with Crippen molar-refractivity contribution in [1.82, 2.24) is 0 Å². The Morgan fingerprint density at radius 3 is 1.09 bits per heavy atom. The monoisotopic (exact) mass is 662 g/mol. The SMILES string of the molecule is [Cl][Ni][Cl].c1ccc(-c2ccc(N=c3c(=Nc4ccc(-c5ccccc5)cc4)c4cccc5ccc6cccc3c6c54)cc2)cc1. The van der Waals surface area contributed by atoms with Gasteiger partial charge in [-0.15, -0.1) is 0 Å². The molecule has 8 aromatic carbocycles. The molecule has 2 nitrogen and oxygen atoms in total. The second-order valence-corrected chi connectivity index (χ2v) is 12.3. The van der Waals surface area contributed by atoms with Crippen molar-refractivity contribution < 1.29 is 12.7 Å². The van der Waals surface area contributed by atoms with Crippen LogP contribution in [-0.2, 0) is 12.7 Å². The Kier molecular flexibility index (Phi) is 8.58. The maximum atomic E-state index is 5.29. The van der Waals surface area contributed by atoms with Crippen LogP contribution in [0, 0.1) is 0 Å². The van der Waals surface area contributed by atoms with Gasteiger partial charge in [0.2, 0.25) is 0 Å². The standard InChI is InChI=1S/C40H26N2.2ClH.Ni/c1-3-9-27(10-4-1)29-19-23-33(24-20-29)41-39-35-15-7-13-31-17-18-32-14-8-16-36(38(32)37(31)35)40(39)42-34-25-21-30(22-26-34)28-11-5-2-6-12-28;;;/h1-26H;2*1H;/q;;;+2/p-2. The topological polar surface area (TPSA) is 24.7 Å². The van der Waals surface area contributed by atoms with Gasteiger partial charge in [0.1, 0.15) is 0 Å². The molecule has 0 aromatic heterocycles. The van der Waals surface area contributed by atoms with E-state index in [1.807, 2.05) is 12.1 Å². The molecule has 0 saturated carbocycles. The van der Waals surface area contributed by atoms with Gasteiger partial charge in [0.05, 0.1) is 22.1 Å². The molecule has 5 heteroatoms. The van der Waals surface area contributed by atoms with E-state index in [1.165, 1.54) is 43.8 Å². The summed E-state index contributed by atoms with van der Waals surface area (Å²) in [6.07, 6.45) is 0. The first-order valence-electron chi connectivity index (χ1n) is 14.5. The van der Waals surface area contributed by atoms with Crippen LogP contribution in [0.4, 0.5) is 11.4 Å². The molecule has 0 bridgehead atoms. The van der Waals surface area contributed by atoms with Crippen molar-refractivity contribution in [3.63, 3.8) is 0 Å². The predicted octanol–water partition coefficient (Wildman–Crippen LogP) is 11.2. The Hall–Kier alpha value is -4.53. The zero-order valence-corrected chi connectivity index (χ0v) is 26.5. The van der Waals surface area contributed by atoms with Gasteiger partial charge in [0, 0.05) is 10.8 Å². The van der Waals surface area contributed by atoms with Gasteiger partial charge in [-0.3, -0.25) is 0 Å². The molecule has 0 aliphatic carbocycles. The fourth-order valence-electron chi connectivity index (χ4n) is 6.01.